The van der Waals surface area contributed by atoms with Crippen molar-refractivity contribution in [3.05, 3.63) is 0 Å². The van der Waals surface area contributed by atoms with Gasteiger partial charge in [0.15, 0.2) is 6.10 Å². The lowest BCUT2D eigenvalue weighted by molar-refractivity contribution is -0.150. The molecule has 0 aliphatic rings. The molecular formula is C9H17ClO3. The lowest BCUT2D eigenvalue weighted by atomic mass is 10.1. The average Bonchev–Trinajstić information content (AvgIpc) is 2.10. The number of carboxylic acids is 1. The SMILES string of the molecule is CCCCCC(OCCCl)C(=O)O. The molecule has 0 saturated carbocycles. The Balaban J connectivity index is 3.61. The highest BCUT2D eigenvalue weighted by molar-refractivity contribution is 6.17. The molecule has 1 unspecified atom stereocenters. The van der Waals surface area contributed by atoms with Crippen molar-refractivity contribution in [3.63, 3.8) is 0 Å². The first-order valence-electron chi connectivity index (χ1n) is 4.62. The molecule has 0 spiro atoms. The van der Waals surface area contributed by atoms with Gasteiger partial charge in [-0.15, -0.1) is 11.6 Å². The Kier molecular flexibility index (Phi) is 8.14. The van der Waals surface area contributed by atoms with E-state index in [2.05, 4.69) is 6.92 Å². The monoisotopic (exact) mass is 208 g/mol. The average molecular weight is 209 g/mol. The van der Waals surface area contributed by atoms with Crippen LogP contribution in [-0.4, -0.2) is 29.7 Å². The third kappa shape index (κ3) is 6.84. The number of unbranched alkanes of at least 4 members (excludes halogenated alkanes) is 2. The number of aliphatic carboxylic acids is 1. The van der Waals surface area contributed by atoms with E-state index in [0.29, 0.717) is 18.9 Å². The van der Waals surface area contributed by atoms with Crippen LogP contribution in [0, 0.1) is 0 Å². The van der Waals surface area contributed by atoms with E-state index in [1.807, 2.05) is 0 Å². The number of hydrogen-bond acceptors (Lipinski definition) is 2. The molecule has 0 fully saturated rings. The summed E-state index contributed by atoms with van der Waals surface area (Å²) >= 11 is 5.39. The number of carboxylic acid groups (broad SMARTS) is 1. The van der Waals surface area contributed by atoms with Crippen molar-refractivity contribution < 1.29 is 14.6 Å². The molecule has 1 atom stereocenters. The van der Waals surface area contributed by atoms with Crippen LogP contribution in [0.3, 0.4) is 0 Å². The summed E-state index contributed by atoms with van der Waals surface area (Å²) in [4.78, 5) is 10.6. The molecule has 0 radical (unpaired) electrons. The summed E-state index contributed by atoms with van der Waals surface area (Å²) in [5.74, 6) is -0.543. The fourth-order valence-electron chi connectivity index (χ4n) is 1.04. The van der Waals surface area contributed by atoms with Crippen LogP contribution in [0.15, 0.2) is 0 Å². The van der Waals surface area contributed by atoms with Crippen molar-refractivity contribution in [1.82, 2.24) is 0 Å². The van der Waals surface area contributed by atoms with Gasteiger partial charge in [-0.2, -0.15) is 0 Å². The van der Waals surface area contributed by atoms with Crippen molar-refractivity contribution in [1.29, 1.82) is 0 Å². The number of rotatable bonds is 8. The molecule has 0 aromatic rings. The quantitative estimate of drug-likeness (QED) is 0.492. The highest BCUT2D eigenvalue weighted by Crippen LogP contribution is 2.07. The first kappa shape index (κ1) is 12.7. The molecule has 78 valence electrons. The van der Waals surface area contributed by atoms with Crippen molar-refractivity contribution >= 4 is 17.6 Å². The van der Waals surface area contributed by atoms with E-state index in [-0.39, 0.29) is 0 Å². The predicted octanol–water partition coefficient (Wildman–Crippen LogP) is 2.28. The van der Waals surface area contributed by atoms with Crippen molar-refractivity contribution in [2.45, 2.75) is 38.7 Å². The van der Waals surface area contributed by atoms with Gasteiger partial charge in [0.25, 0.3) is 0 Å². The second-order valence-electron chi connectivity index (χ2n) is 2.88. The van der Waals surface area contributed by atoms with Crippen LogP contribution >= 0.6 is 11.6 Å². The molecule has 13 heavy (non-hydrogen) atoms. The highest BCUT2D eigenvalue weighted by Gasteiger charge is 2.16. The molecular weight excluding hydrogens is 192 g/mol. The standard InChI is InChI=1S/C9H17ClO3/c1-2-3-4-5-8(9(11)12)13-7-6-10/h8H,2-7H2,1H3,(H,11,12). The number of carbonyl (C=O) groups is 1. The Morgan fingerprint density at radius 1 is 1.54 bits per heavy atom. The fourth-order valence-corrected chi connectivity index (χ4v) is 1.13. The van der Waals surface area contributed by atoms with Gasteiger partial charge in [-0.3, -0.25) is 0 Å². The maximum Gasteiger partial charge on any atom is 0.332 e. The molecule has 0 bridgehead atoms. The molecule has 0 amide bonds. The van der Waals surface area contributed by atoms with Gasteiger partial charge in [-0.1, -0.05) is 26.2 Å². The normalized spacial score (nSPS) is 12.8. The zero-order valence-electron chi connectivity index (χ0n) is 7.96. The third-order valence-electron chi connectivity index (χ3n) is 1.74. The third-order valence-corrected chi connectivity index (χ3v) is 1.90. The van der Waals surface area contributed by atoms with E-state index in [4.69, 9.17) is 21.4 Å². The van der Waals surface area contributed by atoms with Crippen molar-refractivity contribution in [2.75, 3.05) is 12.5 Å². The zero-order valence-corrected chi connectivity index (χ0v) is 8.72. The summed E-state index contributed by atoms with van der Waals surface area (Å²) < 4.78 is 5.07. The fraction of sp³-hybridized carbons (Fsp3) is 0.889. The maximum atomic E-state index is 10.6. The van der Waals surface area contributed by atoms with Gasteiger partial charge in [-0.25, -0.2) is 4.79 Å². The van der Waals surface area contributed by atoms with Crippen LogP contribution in [0.5, 0.6) is 0 Å². The summed E-state index contributed by atoms with van der Waals surface area (Å²) in [5, 5.41) is 8.73. The van der Waals surface area contributed by atoms with Crippen LogP contribution in [0.4, 0.5) is 0 Å². The Hall–Kier alpha value is -0.280. The van der Waals surface area contributed by atoms with Gasteiger partial charge in [0, 0.05) is 5.88 Å². The molecule has 0 heterocycles. The first-order chi connectivity index (χ1) is 6.22. The van der Waals surface area contributed by atoms with Crippen LogP contribution in [-0.2, 0) is 9.53 Å². The summed E-state index contributed by atoms with van der Waals surface area (Å²) in [6, 6.07) is 0. The minimum absolute atomic E-state index is 0.310. The summed E-state index contributed by atoms with van der Waals surface area (Å²) in [6.45, 7) is 2.39. The molecule has 0 aliphatic carbocycles. The van der Waals surface area contributed by atoms with Gasteiger partial charge in [0.2, 0.25) is 0 Å². The second-order valence-corrected chi connectivity index (χ2v) is 3.26. The van der Waals surface area contributed by atoms with Crippen LogP contribution < -0.4 is 0 Å². The van der Waals surface area contributed by atoms with Crippen molar-refractivity contribution in [3.8, 4) is 0 Å². The second kappa shape index (κ2) is 8.32. The zero-order chi connectivity index (χ0) is 10.1. The van der Waals surface area contributed by atoms with Gasteiger partial charge < -0.3 is 9.84 Å². The molecule has 0 aliphatic heterocycles. The molecule has 1 N–H and O–H groups in total. The predicted molar refractivity (Wildman–Crippen MR) is 52.2 cm³/mol. The molecule has 0 aromatic heterocycles. The van der Waals surface area contributed by atoms with E-state index in [0.717, 1.165) is 19.3 Å². The van der Waals surface area contributed by atoms with Crippen LogP contribution in [0.2, 0.25) is 0 Å². The van der Waals surface area contributed by atoms with Gasteiger partial charge in [-0.05, 0) is 6.42 Å². The highest BCUT2D eigenvalue weighted by atomic mass is 35.5. The molecule has 4 heteroatoms. The first-order valence-corrected chi connectivity index (χ1v) is 5.16. The molecule has 0 saturated heterocycles. The van der Waals surface area contributed by atoms with E-state index in [9.17, 15) is 4.79 Å². The molecule has 0 rings (SSSR count). The largest absolute Gasteiger partial charge is 0.479 e. The topological polar surface area (TPSA) is 46.5 Å². The molecule has 0 aromatic carbocycles. The summed E-state index contributed by atoms with van der Waals surface area (Å²) in [5.41, 5.74) is 0. The summed E-state index contributed by atoms with van der Waals surface area (Å²) in [6.07, 6.45) is 2.94. The van der Waals surface area contributed by atoms with E-state index in [1.54, 1.807) is 0 Å². The number of ether oxygens (including phenoxy) is 1. The smallest absolute Gasteiger partial charge is 0.332 e. The van der Waals surface area contributed by atoms with E-state index >= 15 is 0 Å². The van der Waals surface area contributed by atoms with Gasteiger partial charge in [0.1, 0.15) is 0 Å². The minimum Gasteiger partial charge on any atom is -0.479 e. The Labute approximate surface area is 84.0 Å². The minimum atomic E-state index is -0.888. The van der Waals surface area contributed by atoms with Gasteiger partial charge >= 0.3 is 5.97 Å². The van der Waals surface area contributed by atoms with E-state index < -0.39 is 12.1 Å². The molecule has 3 nitrogen and oxygen atoms in total. The summed E-state index contributed by atoms with van der Waals surface area (Å²) in [7, 11) is 0. The van der Waals surface area contributed by atoms with Crippen LogP contribution in [0.25, 0.3) is 0 Å². The Morgan fingerprint density at radius 3 is 2.69 bits per heavy atom. The number of alkyl halides is 1. The maximum absolute atomic E-state index is 10.6. The van der Waals surface area contributed by atoms with Gasteiger partial charge in [0.05, 0.1) is 6.61 Å². The lowest BCUT2D eigenvalue weighted by Gasteiger charge is -2.11. The Bertz CT molecular complexity index is 139. The van der Waals surface area contributed by atoms with E-state index in [1.165, 1.54) is 0 Å². The Morgan fingerprint density at radius 2 is 2.23 bits per heavy atom. The van der Waals surface area contributed by atoms with Crippen molar-refractivity contribution in [2.24, 2.45) is 0 Å². The number of halogens is 1. The van der Waals surface area contributed by atoms with Crippen LogP contribution in [0.1, 0.15) is 32.6 Å². The lowest BCUT2D eigenvalue weighted by Crippen LogP contribution is -2.24. The number of hydrogen-bond donors (Lipinski definition) is 1.